The van der Waals surface area contributed by atoms with E-state index in [-0.39, 0.29) is 29.5 Å². The molecular weight excluding hydrogens is 258 g/mol. The first-order valence-electron chi connectivity index (χ1n) is 5.44. The molecule has 0 aromatic heterocycles. The minimum absolute atomic E-state index is 0.0384. The summed E-state index contributed by atoms with van der Waals surface area (Å²) in [5, 5.41) is 9.62. The molecule has 0 unspecified atom stereocenters. The van der Waals surface area contributed by atoms with E-state index in [0.717, 1.165) is 0 Å². The maximum atomic E-state index is 11.7. The van der Waals surface area contributed by atoms with Gasteiger partial charge in [-0.05, 0) is 19.1 Å². The molecule has 0 amide bonds. The summed E-state index contributed by atoms with van der Waals surface area (Å²) >= 11 is 0. The summed E-state index contributed by atoms with van der Waals surface area (Å²) in [5.41, 5.74) is 0.0384. The lowest BCUT2D eigenvalue weighted by Gasteiger charge is -2.12. The fourth-order valence-electron chi connectivity index (χ4n) is 1.31. The third-order valence-corrected chi connectivity index (χ3v) is 3.40. The zero-order valence-corrected chi connectivity index (χ0v) is 11.2. The predicted octanol–water partition coefficient (Wildman–Crippen LogP) is 1.18. The van der Waals surface area contributed by atoms with Crippen LogP contribution in [0.4, 0.5) is 5.69 Å². The lowest BCUT2D eigenvalue weighted by Crippen LogP contribution is -2.20. The summed E-state index contributed by atoms with van der Waals surface area (Å²) in [6, 6.07) is 4.50. The van der Waals surface area contributed by atoms with Gasteiger partial charge >= 0.3 is 0 Å². The average Bonchev–Trinajstić information content (AvgIpc) is 2.32. The van der Waals surface area contributed by atoms with Gasteiger partial charge in [0.15, 0.2) is 0 Å². The molecule has 6 nitrogen and oxygen atoms in total. The topological polar surface area (TPSA) is 84.9 Å². The van der Waals surface area contributed by atoms with Gasteiger partial charge in [-0.25, -0.2) is 8.42 Å². The Hall–Kier alpha value is -1.47. The molecule has 0 aliphatic rings. The van der Waals surface area contributed by atoms with E-state index in [9.17, 15) is 13.5 Å². The molecule has 0 spiro atoms. The summed E-state index contributed by atoms with van der Waals surface area (Å²) in [6.07, 6.45) is 0. The largest absolute Gasteiger partial charge is 0.506 e. The maximum Gasteiger partial charge on any atom is 0.235 e. The highest BCUT2D eigenvalue weighted by atomic mass is 32.2. The van der Waals surface area contributed by atoms with Crippen LogP contribution in [0, 0.1) is 0 Å². The van der Waals surface area contributed by atoms with E-state index in [2.05, 4.69) is 4.72 Å². The molecule has 2 N–H and O–H groups in total. The molecule has 0 radical (unpaired) electrons. The van der Waals surface area contributed by atoms with Gasteiger partial charge in [0.1, 0.15) is 17.2 Å². The Bertz CT molecular complexity index is 486. The normalized spacial score (nSPS) is 11.2. The summed E-state index contributed by atoms with van der Waals surface area (Å²) in [7, 11) is -2.18. The van der Waals surface area contributed by atoms with Crippen LogP contribution >= 0.6 is 0 Å². The van der Waals surface area contributed by atoms with Crippen LogP contribution in [0.15, 0.2) is 18.2 Å². The van der Waals surface area contributed by atoms with Crippen molar-refractivity contribution in [3.63, 3.8) is 0 Å². The number of para-hydroxylation sites is 1. The minimum atomic E-state index is -3.58. The van der Waals surface area contributed by atoms with E-state index < -0.39 is 10.0 Å². The number of rotatable bonds is 7. The van der Waals surface area contributed by atoms with Gasteiger partial charge in [0.25, 0.3) is 0 Å². The van der Waals surface area contributed by atoms with Crippen molar-refractivity contribution in [2.24, 2.45) is 0 Å². The maximum absolute atomic E-state index is 11.7. The van der Waals surface area contributed by atoms with Crippen LogP contribution in [-0.2, 0) is 14.8 Å². The second-order valence-electron chi connectivity index (χ2n) is 3.47. The number of benzene rings is 1. The number of ether oxygens (including phenoxy) is 2. The molecule has 0 aliphatic heterocycles. The highest BCUT2D eigenvalue weighted by molar-refractivity contribution is 7.92. The molecule has 0 bridgehead atoms. The second-order valence-corrected chi connectivity index (χ2v) is 5.31. The van der Waals surface area contributed by atoms with Gasteiger partial charge < -0.3 is 14.6 Å². The Morgan fingerprint density at radius 1 is 1.39 bits per heavy atom. The molecule has 102 valence electrons. The zero-order chi connectivity index (χ0) is 13.6. The molecule has 0 heterocycles. The number of hydrogen-bond acceptors (Lipinski definition) is 5. The van der Waals surface area contributed by atoms with Crippen molar-refractivity contribution >= 4 is 15.7 Å². The van der Waals surface area contributed by atoms with E-state index >= 15 is 0 Å². The molecule has 0 aliphatic carbocycles. The third-order valence-electron chi connectivity index (χ3n) is 2.18. The molecule has 7 heteroatoms. The number of anilines is 1. The Labute approximate surface area is 107 Å². The van der Waals surface area contributed by atoms with Gasteiger partial charge in [0.05, 0.1) is 19.5 Å². The summed E-state index contributed by atoms with van der Waals surface area (Å²) < 4.78 is 35.7. The Kier molecular flexibility index (Phi) is 5.24. The predicted molar refractivity (Wildman–Crippen MR) is 68.6 cm³/mol. The molecule has 1 rings (SSSR count). The zero-order valence-electron chi connectivity index (χ0n) is 10.3. The molecule has 0 fully saturated rings. The van der Waals surface area contributed by atoms with Gasteiger partial charge in [-0.1, -0.05) is 6.07 Å². The van der Waals surface area contributed by atoms with E-state index in [0.29, 0.717) is 6.61 Å². The average molecular weight is 275 g/mol. The fourth-order valence-corrected chi connectivity index (χ4v) is 2.27. The highest BCUT2D eigenvalue weighted by Gasteiger charge is 2.16. The van der Waals surface area contributed by atoms with Crippen LogP contribution in [-0.4, -0.2) is 39.6 Å². The van der Waals surface area contributed by atoms with Gasteiger partial charge in [0.2, 0.25) is 10.0 Å². The first-order chi connectivity index (χ1) is 8.50. The van der Waals surface area contributed by atoms with Crippen LogP contribution < -0.4 is 9.46 Å². The molecule has 0 saturated carbocycles. The molecule has 1 aromatic carbocycles. The van der Waals surface area contributed by atoms with E-state index in [4.69, 9.17) is 9.47 Å². The van der Waals surface area contributed by atoms with E-state index in [1.54, 1.807) is 19.1 Å². The molecule has 1 aromatic rings. The van der Waals surface area contributed by atoms with Gasteiger partial charge in [-0.2, -0.15) is 0 Å². The van der Waals surface area contributed by atoms with Crippen molar-refractivity contribution in [3.05, 3.63) is 18.2 Å². The number of phenols is 1. The lowest BCUT2D eigenvalue weighted by molar-refractivity contribution is 0.163. The van der Waals surface area contributed by atoms with E-state index in [1.165, 1.54) is 13.2 Å². The Morgan fingerprint density at radius 2 is 2.11 bits per heavy atom. The lowest BCUT2D eigenvalue weighted by atomic mass is 10.3. The van der Waals surface area contributed by atoms with Crippen molar-refractivity contribution < 1.29 is 23.0 Å². The molecule has 0 saturated heterocycles. The van der Waals surface area contributed by atoms with Crippen molar-refractivity contribution in [1.82, 2.24) is 0 Å². The van der Waals surface area contributed by atoms with Gasteiger partial charge in [-0.15, -0.1) is 0 Å². The first kappa shape index (κ1) is 14.6. The number of phenolic OH excluding ortho intramolecular Hbond substituents is 1. The van der Waals surface area contributed by atoms with Crippen molar-refractivity contribution in [1.29, 1.82) is 0 Å². The standard InChI is InChI=1S/C11H17NO5S/c1-3-17-7-8-18(14,15)12-11-9(13)5-4-6-10(11)16-2/h4-6,12-13H,3,7-8H2,1-2H3. The van der Waals surface area contributed by atoms with Crippen molar-refractivity contribution in [2.75, 3.05) is 30.8 Å². The van der Waals surface area contributed by atoms with Crippen LogP contribution in [0.3, 0.4) is 0 Å². The number of aromatic hydroxyl groups is 1. The first-order valence-corrected chi connectivity index (χ1v) is 7.09. The second kappa shape index (κ2) is 6.46. The van der Waals surface area contributed by atoms with Crippen LogP contribution in [0.5, 0.6) is 11.5 Å². The Morgan fingerprint density at radius 3 is 2.72 bits per heavy atom. The fraction of sp³-hybridized carbons (Fsp3) is 0.455. The van der Waals surface area contributed by atoms with Crippen LogP contribution in [0.1, 0.15) is 6.92 Å². The van der Waals surface area contributed by atoms with Crippen LogP contribution in [0.25, 0.3) is 0 Å². The number of hydrogen-bond donors (Lipinski definition) is 2. The third kappa shape index (κ3) is 4.08. The summed E-state index contributed by atoms with van der Waals surface area (Å²) in [4.78, 5) is 0. The summed E-state index contributed by atoms with van der Waals surface area (Å²) in [5.74, 6) is -0.109. The molecule has 0 atom stereocenters. The van der Waals surface area contributed by atoms with Crippen molar-refractivity contribution in [2.45, 2.75) is 6.92 Å². The SMILES string of the molecule is CCOCCS(=O)(=O)Nc1c(O)cccc1OC. The molecular formula is C11H17NO5S. The number of nitrogens with one attached hydrogen (secondary N) is 1. The highest BCUT2D eigenvalue weighted by Crippen LogP contribution is 2.33. The molecule has 18 heavy (non-hydrogen) atoms. The van der Waals surface area contributed by atoms with Crippen molar-refractivity contribution in [3.8, 4) is 11.5 Å². The Balaban J connectivity index is 2.83. The smallest absolute Gasteiger partial charge is 0.235 e. The van der Waals surface area contributed by atoms with Gasteiger partial charge in [0, 0.05) is 6.61 Å². The quantitative estimate of drug-likeness (QED) is 0.576. The van der Waals surface area contributed by atoms with Gasteiger partial charge in [-0.3, -0.25) is 4.72 Å². The summed E-state index contributed by atoms with van der Waals surface area (Å²) in [6.45, 7) is 2.34. The monoisotopic (exact) mass is 275 g/mol. The minimum Gasteiger partial charge on any atom is -0.506 e. The number of methoxy groups -OCH3 is 1. The van der Waals surface area contributed by atoms with E-state index in [1.807, 2.05) is 0 Å². The number of sulfonamides is 1. The van der Waals surface area contributed by atoms with Crippen LogP contribution in [0.2, 0.25) is 0 Å².